The highest BCUT2D eigenvalue weighted by Gasteiger charge is 2.04. The van der Waals surface area contributed by atoms with E-state index in [-0.39, 0.29) is 5.82 Å². The summed E-state index contributed by atoms with van der Waals surface area (Å²) >= 11 is 0. The monoisotopic (exact) mass is 350 g/mol. The molecule has 0 unspecified atom stereocenters. The van der Waals surface area contributed by atoms with E-state index in [1.807, 2.05) is 25.3 Å². The molecule has 0 spiro atoms. The SMILES string of the molecule is CCNC(=NCc1ccccc1F)NCCc1cccc2cccnc12. The highest BCUT2D eigenvalue weighted by molar-refractivity contribution is 5.82. The average molecular weight is 350 g/mol. The lowest BCUT2D eigenvalue weighted by Crippen LogP contribution is -2.38. The van der Waals surface area contributed by atoms with Crippen LogP contribution in [0.2, 0.25) is 0 Å². The van der Waals surface area contributed by atoms with Crippen molar-refractivity contribution < 1.29 is 4.39 Å². The van der Waals surface area contributed by atoms with Gasteiger partial charge in [-0.25, -0.2) is 9.38 Å². The molecule has 1 aromatic heterocycles. The number of benzene rings is 2. The first-order chi connectivity index (χ1) is 12.8. The van der Waals surface area contributed by atoms with Gasteiger partial charge in [0.05, 0.1) is 12.1 Å². The summed E-state index contributed by atoms with van der Waals surface area (Å²) < 4.78 is 13.7. The van der Waals surface area contributed by atoms with Gasteiger partial charge < -0.3 is 10.6 Å². The number of nitrogens with zero attached hydrogens (tertiary/aromatic N) is 2. The van der Waals surface area contributed by atoms with Crippen molar-refractivity contribution in [3.8, 4) is 0 Å². The second-order valence-corrected chi connectivity index (χ2v) is 5.96. The number of aliphatic imine (C=N–C) groups is 1. The Morgan fingerprint density at radius 1 is 1.00 bits per heavy atom. The topological polar surface area (TPSA) is 49.3 Å². The van der Waals surface area contributed by atoms with Crippen molar-refractivity contribution in [1.82, 2.24) is 15.6 Å². The summed E-state index contributed by atoms with van der Waals surface area (Å²) in [7, 11) is 0. The molecular formula is C21H23FN4. The van der Waals surface area contributed by atoms with Gasteiger partial charge in [-0.05, 0) is 31.0 Å². The number of halogens is 1. The predicted octanol–water partition coefficient (Wildman–Crippen LogP) is 3.67. The normalized spacial score (nSPS) is 11.5. The van der Waals surface area contributed by atoms with Crippen LogP contribution in [0.5, 0.6) is 0 Å². The zero-order chi connectivity index (χ0) is 18.2. The van der Waals surface area contributed by atoms with Gasteiger partial charge >= 0.3 is 0 Å². The van der Waals surface area contributed by atoms with Crippen LogP contribution in [0.1, 0.15) is 18.1 Å². The first-order valence-corrected chi connectivity index (χ1v) is 8.86. The van der Waals surface area contributed by atoms with Crippen molar-refractivity contribution in [2.45, 2.75) is 19.9 Å². The van der Waals surface area contributed by atoms with E-state index in [0.29, 0.717) is 18.1 Å². The van der Waals surface area contributed by atoms with Crippen molar-refractivity contribution >= 4 is 16.9 Å². The largest absolute Gasteiger partial charge is 0.357 e. The molecule has 1 heterocycles. The molecule has 3 aromatic rings. The first kappa shape index (κ1) is 17.9. The van der Waals surface area contributed by atoms with Crippen LogP contribution in [0.4, 0.5) is 4.39 Å². The van der Waals surface area contributed by atoms with Crippen LogP contribution in [0.3, 0.4) is 0 Å². The lowest BCUT2D eigenvalue weighted by molar-refractivity contribution is 0.610. The molecule has 0 fully saturated rings. The third-order valence-electron chi connectivity index (χ3n) is 4.11. The Kier molecular flexibility index (Phi) is 6.14. The summed E-state index contributed by atoms with van der Waals surface area (Å²) in [6.07, 6.45) is 2.65. The van der Waals surface area contributed by atoms with Gasteiger partial charge in [0.15, 0.2) is 5.96 Å². The summed E-state index contributed by atoms with van der Waals surface area (Å²) in [6, 6.07) is 17.0. The van der Waals surface area contributed by atoms with Gasteiger partial charge in [0.25, 0.3) is 0 Å². The van der Waals surface area contributed by atoms with Crippen LogP contribution in [0.15, 0.2) is 65.8 Å². The Labute approximate surface area is 153 Å². The fourth-order valence-corrected chi connectivity index (χ4v) is 2.82. The summed E-state index contributed by atoms with van der Waals surface area (Å²) in [5, 5.41) is 7.65. The Morgan fingerprint density at radius 3 is 2.65 bits per heavy atom. The highest BCUT2D eigenvalue weighted by atomic mass is 19.1. The molecule has 0 aliphatic carbocycles. The summed E-state index contributed by atoms with van der Waals surface area (Å²) in [6.45, 7) is 3.78. The van der Waals surface area contributed by atoms with Crippen molar-refractivity contribution in [3.05, 3.63) is 77.7 Å². The molecule has 0 aliphatic rings. The number of pyridine rings is 1. The summed E-state index contributed by atoms with van der Waals surface area (Å²) in [5.74, 6) is 0.456. The average Bonchev–Trinajstić information content (AvgIpc) is 2.67. The minimum Gasteiger partial charge on any atom is -0.357 e. The minimum atomic E-state index is -0.228. The maximum Gasteiger partial charge on any atom is 0.191 e. The third kappa shape index (κ3) is 4.57. The maximum absolute atomic E-state index is 13.7. The van der Waals surface area contributed by atoms with Crippen molar-refractivity contribution in [1.29, 1.82) is 0 Å². The Balaban J connectivity index is 1.63. The second kappa shape index (κ2) is 8.94. The fraction of sp³-hybridized carbons (Fsp3) is 0.238. The van der Waals surface area contributed by atoms with E-state index in [1.54, 1.807) is 12.1 Å². The standard InChI is InChI=1S/C21H23FN4/c1-2-23-21(26-15-18-7-3-4-11-19(18)22)25-14-12-17-9-5-8-16-10-6-13-24-20(16)17/h3-11,13H,2,12,14-15H2,1H3,(H2,23,25,26). The number of rotatable bonds is 6. The van der Waals surface area contributed by atoms with Gasteiger partial charge in [-0.1, -0.05) is 42.5 Å². The molecule has 4 nitrogen and oxygen atoms in total. The molecule has 0 bridgehead atoms. The molecule has 134 valence electrons. The minimum absolute atomic E-state index is 0.228. The van der Waals surface area contributed by atoms with Crippen molar-refractivity contribution in [2.75, 3.05) is 13.1 Å². The van der Waals surface area contributed by atoms with Gasteiger partial charge in [-0.2, -0.15) is 0 Å². The second-order valence-electron chi connectivity index (χ2n) is 5.96. The predicted molar refractivity (Wildman–Crippen MR) is 105 cm³/mol. The smallest absolute Gasteiger partial charge is 0.191 e. The van der Waals surface area contributed by atoms with E-state index in [4.69, 9.17) is 0 Å². The van der Waals surface area contributed by atoms with Crippen LogP contribution < -0.4 is 10.6 Å². The van der Waals surface area contributed by atoms with E-state index >= 15 is 0 Å². The molecule has 0 saturated carbocycles. The Morgan fingerprint density at radius 2 is 1.81 bits per heavy atom. The van der Waals surface area contributed by atoms with Crippen LogP contribution in [-0.2, 0) is 13.0 Å². The van der Waals surface area contributed by atoms with E-state index in [2.05, 4.69) is 44.9 Å². The number of fused-ring (bicyclic) bond motifs is 1. The van der Waals surface area contributed by atoms with E-state index in [0.717, 1.165) is 30.4 Å². The van der Waals surface area contributed by atoms with Gasteiger partial charge in [0.2, 0.25) is 0 Å². The number of nitrogens with one attached hydrogen (secondary N) is 2. The maximum atomic E-state index is 13.7. The van der Waals surface area contributed by atoms with E-state index in [9.17, 15) is 4.39 Å². The summed E-state index contributed by atoms with van der Waals surface area (Å²) in [4.78, 5) is 8.96. The van der Waals surface area contributed by atoms with Crippen LogP contribution in [0, 0.1) is 5.82 Å². The lowest BCUT2D eigenvalue weighted by Gasteiger charge is -2.12. The lowest BCUT2D eigenvalue weighted by atomic mass is 10.1. The molecule has 0 radical (unpaired) electrons. The molecule has 0 saturated heterocycles. The Bertz CT molecular complexity index is 887. The number of hydrogen-bond acceptors (Lipinski definition) is 2. The molecule has 0 amide bonds. The van der Waals surface area contributed by atoms with Gasteiger partial charge in [-0.15, -0.1) is 0 Å². The van der Waals surface area contributed by atoms with Crippen LogP contribution in [-0.4, -0.2) is 24.0 Å². The first-order valence-electron chi connectivity index (χ1n) is 8.86. The van der Waals surface area contributed by atoms with Crippen LogP contribution >= 0.6 is 0 Å². The number of aromatic nitrogens is 1. The van der Waals surface area contributed by atoms with E-state index < -0.39 is 0 Å². The van der Waals surface area contributed by atoms with Gasteiger partial charge in [-0.3, -0.25) is 4.98 Å². The molecule has 26 heavy (non-hydrogen) atoms. The molecular weight excluding hydrogens is 327 g/mol. The third-order valence-corrected chi connectivity index (χ3v) is 4.11. The van der Waals surface area contributed by atoms with Crippen molar-refractivity contribution in [3.63, 3.8) is 0 Å². The van der Waals surface area contributed by atoms with Crippen molar-refractivity contribution in [2.24, 2.45) is 4.99 Å². The zero-order valence-electron chi connectivity index (χ0n) is 14.9. The highest BCUT2D eigenvalue weighted by Crippen LogP contribution is 2.16. The van der Waals surface area contributed by atoms with E-state index in [1.165, 1.54) is 11.6 Å². The molecule has 0 aliphatic heterocycles. The summed E-state index contributed by atoms with van der Waals surface area (Å²) in [5.41, 5.74) is 2.81. The molecule has 2 N–H and O–H groups in total. The number of guanidine groups is 1. The molecule has 5 heteroatoms. The molecule has 0 atom stereocenters. The van der Waals surface area contributed by atoms with Gasteiger partial charge in [0, 0.05) is 30.2 Å². The quantitative estimate of drug-likeness (QED) is 0.527. The molecule has 3 rings (SSSR count). The zero-order valence-corrected chi connectivity index (χ0v) is 14.9. The number of para-hydroxylation sites is 1. The fourth-order valence-electron chi connectivity index (χ4n) is 2.82. The van der Waals surface area contributed by atoms with Crippen LogP contribution in [0.25, 0.3) is 10.9 Å². The Hall–Kier alpha value is -2.95. The number of hydrogen-bond donors (Lipinski definition) is 2. The molecule has 2 aromatic carbocycles. The van der Waals surface area contributed by atoms with Gasteiger partial charge in [0.1, 0.15) is 5.82 Å².